The van der Waals surface area contributed by atoms with E-state index in [0.717, 1.165) is 18.4 Å². The highest BCUT2D eigenvalue weighted by Crippen LogP contribution is 2.33. The lowest BCUT2D eigenvalue weighted by Gasteiger charge is -2.25. The maximum atomic E-state index is 13.9. The molecular weight excluding hydrogens is 565 g/mol. The Labute approximate surface area is 248 Å². The first kappa shape index (κ1) is 29.7. The molecule has 12 heteroatoms. The number of hydrogen-bond donors (Lipinski definition) is 3. The number of anilines is 1. The van der Waals surface area contributed by atoms with Crippen LogP contribution in [0.15, 0.2) is 42.6 Å². The van der Waals surface area contributed by atoms with Crippen LogP contribution in [0.25, 0.3) is 11.3 Å². The number of halogens is 2. The number of aromatic nitrogens is 2. The Hall–Kier alpha value is -3.80. The molecule has 3 heterocycles. The van der Waals surface area contributed by atoms with Gasteiger partial charge in [0.1, 0.15) is 11.6 Å². The van der Waals surface area contributed by atoms with Crippen LogP contribution in [0.4, 0.5) is 10.3 Å². The molecule has 2 aromatic carbocycles. The monoisotopic (exact) mass is 597 g/mol. The molecule has 2 aliphatic heterocycles. The molecule has 2 amide bonds. The van der Waals surface area contributed by atoms with Crippen LogP contribution in [0.1, 0.15) is 53.7 Å². The zero-order valence-electron chi connectivity index (χ0n) is 23.4. The average molecular weight is 598 g/mol. The number of amides is 2. The van der Waals surface area contributed by atoms with Crippen molar-refractivity contribution < 1.29 is 28.6 Å². The Morgan fingerprint density at radius 2 is 2.05 bits per heavy atom. The fraction of sp³-hybridized carbons (Fsp3) is 0.400. The molecule has 0 aliphatic carbocycles. The summed E-state index contributed by atoms with van der Waals surface area (Å²) in [5, 5.41) is 16.3. The van der Waals surface area contributed by atoms with Crippen molar-refractivity contribution >= 4 is 29.4 Å². The van der Waals surface area contributed by atoms with E-state index in [-0.39, 0.29) is 18.4 Å². The standard InChI is InChI=1S/C30H33ClFN5O5/c1-17(11-27(39)35-25(16-38)23-13-20(32)5-6-26(23)41-2)37-15-19-4-3-18(12-22(19)29(37)40)28-24(31)14-33-30(36-28)34-21-7-9-42-10-8-21/h3-6,12-14,17,21,25,38H,7-11,15-16H2,1-2H3,(H,35,39)(H,33,34,36)/t17-,25-/m1/s1. The van der Waals surface area contributed by atoms with Gasteiger partial charge in [-0.25, -0.2) is 14.4 Å². The highest BCUT2D eigenvalue weighted by molar-refractivity contribution is 6.33. The van der Waals surface area contributed by atoms with Crippen LogP contribution < -0.4 is 15.4 Å². The lowest BCUT2D eigenvalue weighted by atomic mass is 10.0. The van der Waals surface area contributed by atoms with E-state index >= 15 is 0 Å². The number of ether oxygens (including phenoxy) is 2. The number of benzene rings is 2. The third-order valence-electron chi connectivity index (χ3n) is 7.61. The number of methoxy groups -OCH3 is 1. The van der Waals surface area contributed by atoms with Gasteiger partial charge in [0, 0.05) is 55.0 Å². The third kappa shape index (κ3) is 6.48. The fourth-order valence-electron chi connectivity index (χ4n) is 5.32. The molecule has 0 radical (unpaired) electrons. The van der Waals surface area contributed by atoms with Gasteiger partial charge in [0.2, 0.25) is 11.9 Å². The zero-order valence-corrected chi connectivity index (χ0v) is 24.2. The summed E-state index contributed by atoms with van der Waals surface area (Å²) in [4.78, 5) is 37.0. The minimum Gasteiger partial charge on any atom is -0.496 e. The van der Waals surface area contributed by atoms with E-state index < -0.39 is 30.4 Å². The summed E-state index contributed by atoms with van der Waals surface area (Å²) in [6.07, 6.45) is 3.26. The van der Waals surface area contributed by atoms with Crippen LogP contribution in [0, 0.1) is 5.82 Å². The van der Waals surface area contributed by atoms with Crippen molar-refractivity contribution in [3.63, 3.8) is 0 Å². The van der Waals surface area contributed by atoms with Crippen LogP contribution in [-0.4, -0.2) is 70.8 Å². The van der Waals surface area contributed by atoms with Gasteiger partial charge in [0.05, 0.1) is 36.7 Å². The van der Waals surface area contributed by atoms with Gasteiger partial charge >= 0.3 is 0 Å². The number of aliphatic hydroxyl groups is 1. The molecule has 1 fully saturated rings. The molecule has 5 rings (SSSR count). The van der Waals surface area contributed by atoms with Crippen molar-refractivity contribution in [2.45, 2.75) is 50.9 Å². The van der Waals surface area contributed by atoms with Gasteiger partial charge in [-0.3, -0.25) is 9.59 Å². The van der Waals surface area contributed by atoms with Gasteiger partial charge in [-0.2, -0.15) is 0 Å². The molecule has 0 spiro atoms. The molecular formula is C30H33ClFN5O5. The Morgan fingerprint density at radius 1 is 1.26 bits per heavy atom. The van der Waals surface area contributed by atoms with Gasteiger partial charge in [0.15, 0.2) is 0 Å². The van der Waals surface area contributed by atoms with E-state index in [4.69, 9.17) is 21.1 Å². The van der Waals surface area contributed by atoms with Crippen molar-refractivity contribution in [1.29, 1.82) is 0 Å². The Bertz CT molecular complexity index is 1470. The molecule has 42 heavy (non-hydrogen) atoms. The normalized spacial score (nSPS) is 16.6. The van der Waals surface area contributed by atoms with Gasteiger partial charge in [-0.05, 0) is 49.6 Å². The second-order valence-electron chi connectivity index (χ2n) is 10.5. The van der Waals surface area contributed by atoms with Crippen molar-refractivity contribution in [3.05, 3.63) is 70.1 Å². The van der Waals surface area contributed by atoms with E-state index in [1.54, 1.807) is 24.1 Å². The van der Waals surface area contributed by atoms with Crippen LogP contribution in [-0.2, 0) is 16.1 Å². The quantitative estimate of drug-likeness (QED) is 0.319. The summed E-state index contributed by atoms with van der Waals surface area (Å²) in [5.41, 5.74) is 2.88. The number of nitrogens with zero attached hydrogens (tertiary/aromatic N) is 3. The van der Waals surface area contributed by atoms with Crippen LogP contribution in [0.5, 0.6) is 5.75 Å². The minimum absolute atomic E-state index is 0.0142. The van der Waals surface area contributed by atoms with Crippen LogP contribution in [0.3, 0.4) is 0 Å². The predicted molar refractivity (Wildman–Crippen MR) is 155 cm³/mol. The smallest absolute Gasteiger partial charge is 0.254 e. The molecule has 3 N–H and O–H groups in total. The second kappa shape index (κ2) is 13.0. The number of carbonyl (C=O) groups excluding carboxylic acids is 2. The van der Waals surface area contributed by atoms with E-state index in [1.165, 1.54) is 25.3 Å². The first-order valence-electron chi connectivity index (χ1n) is 13.8. The molecule has 222 valence electrons. The van der Waals surface area contributed by atoms with Crippen LogP contribution in [0.2, 0.25) is 5.02 Å². The van der Waals surface area contributed by atoms with E-state index in [1.807, 2.05) is 12.1 Å². The first-order valence-corrected chi connectivity index (χ1v) is 14.2. The molecule has 2 aliphatic rings. The number of aliphatic hydroxyl groups excluding tert-OH is 1. The van der Waals surface area contributed by atoms with E-state index in [9.17, 15) is 19.1 Å². The molecule has 2 atom stereocenters. The molecule has 0 bridgehead atoms. The van der Waals surface area contributed by atoms with Gasteiger partial charge in [-0.15, -0.1) is 0 Å². The number of nitrogens with one attached hydrogen (secondary N) is 2. The summed E-state index contributed by atoms with van der Waals surface area (Å²) >= 11 is 6.46. The third-order valence-corrected chi connectivity index (χ3v) is 7.89. The lowest BCUT2D eigenvalue weighted by molar-refractivity contribution is -0.123. The molecule has 1 saturated heterocycles. The van der Waals surface area contributed by atoms with Gasteiger partial charge < -0.3 is 30.1 Å². The molecule has 10 nitrogen and oxygen atoms in total. The predicted octanol–water partition coefficient (Wildman–Crippen LogP) is 4.12. The van der Waals surface area contributed by atoms with Gasteiger partial charge in [-0.1, -0.05) is 23.7 Å². The number of rotatable bonds is 10. The Morgan fingerprint density at radius 3 is 2.79 bits per heavy atom. The Balaban J connectivity index is 1.26. The van der Waals surface area contributed by atoms with E-state index in [2.05, 4.69) is 20.6 Å². The fourth-order valence-corrected chi connectivity index (χ4v) is 5.52. The summed E-state index contributed by atoms with van der Waals surface area (Å²) in [6, 6.07) is 8.32. The molecule has 3 aromatic rings. The molecule has 0 saturated carbocycles. The summed E-state index contributed by atoms with van der Waals surface area (Å²) in [7, 11) is 1.43. The SMILES string of the molecule is COc1ccc(F)cc1[C@@H](CO)NC(=O)C[C@@H](C)N1Cc2ccc(-c3nc(NC4CCOCC4)ncc3Cl)cc2C1=O. The van der Waals surface area contributed by atoms with Crippen LogP contribution >= 0.6 is 11.6 Å². The minimum atomic E-state index is -0.868. The van der Waals surface area contributed by atoms with E-state index in [0.29, 0.717) is 58.9 Å². The molecule has 0 unspecified atom stereocenters. The largest absolute Gasteiger partial charge is 0.496 e. The average Bonchev–Trinajstić information content (AvgIpc) is 3.33. The highest BCUT2D eigenvalue weighted by atomic mass is 35.5. The van der Waals surface area contributed by atoms with Crippen molar-refractivity contribution in [2.24, 2.45) is 0 Å². The van der Waals surface area contributed by atoms with Crippen molar-refractivity contribution in [2.75, 3.05) is 32.2 Å². The first-order chi connectivity index (χ1) is 20.3. The number of carbonyl (C=O) groups is 2. The summed E-state index contributed by atoms with van der Waals surface area (Å²) < 4.78 is 24.5. The number of hydrogen-bond acceptors (Lipinski definition) is 8. The second-order valence-corrected chi connectivity index (χ2v) is 10.9. The zero-order chi connectivity index (χ0) is 29.8. The van der Waals surface area contributed by atoms with Gasteiger partial charge in [0.25, 0.3) is 5.91 Å². The maximum absolute atomic E-state index is 13.9. The summed E-state index contributed by atoms with van der Waals surface area (Å²) in [5.74, 6) is -0.300. The lowest BCUT2D eigenvalue weighted by Crippen LogP contribution is -2.39. The Kier molecular flexibility index (Phi) is 9.20. The maximum Gasteiger partial charge on any atom is 0.254 e. The number of fused-ring (bicyclic) bond motifs is 1. The van der Waals surface area contributed by atoms with Crippen molar-refractivity contribution in [1.82, 2.24) is 20.2 Å². The topological polar surface area (TPSA) is 126 Å². The molecule has 1 aromatic heterocycles. The van der Waals surface area contributed by atoms with Crippen molar-refractivity contribution in [3.8, 4) is 17.0 Å². The summed E-state index contributed by atoms with van der Waals surface area (Å²) in [6.45, 7) is 3.06. The highest BCUT2D eigenvalue weighted by Gasteiger charge is 2.33.